The fourth-order valence-corrected chi connectivity index (χ4v) is 1.58. The Hall–Kier alpha value is -1.45. The van der Waals surface area contributed by atoms with Crippen LogP contribution >= 0.6 is 0 Å². The van der Waals surface area contributed by atoms with Crippen molar-refractivity contribution >= 4 is 5.78 Å². The van der Waals surface area contributed by atoms with Crippen LogP contribution in [0.4, 0.5) is 0 Å². The van der Waals surface area contributed by atoms with Crippen LogP contribution in [-0.4, -0.2) is 22.9 Å². The van der Waals surface area contributed by atoms with Crippen LogP contribution in [0.5, 0.6) is 5.88 Å². The lowest BCUT2D eigenvalue weighted by atomic mass is 9.96. The van der Waals surface area contributed by atoms with Gasteiger partial charge in [-0.15, -0.1) is 0 Å². The minimum atomic E-state index is 0.0990. The first-order valence-electron chi connectivity index (χ1n) is 4.24. The smallest absolute Gasteiger partial charge is 0.220 e. The van der Waals surface area contributed by atoms with E-state index >= 15 is 0 Å². The Morgan fingerprint density at radius 3 is 3.00 bits per heavy atom. The molecule has 68 valence electrons. The number of aromatic nitrogens is 2. The van der Waals surface area contributed by atoms with Crippen molar-refractivity contribution in [2.75, 3.05) is 7.11 Å². The number of carbonyl (C=O) groups excluding carboxylic acids is 1. The van der Waals surface area contributed by atoms with Gasteiger partial charge in [-0.3, -0.25) is 4.79 Å². The predicted octanol–water partition coefficient (Wildman–Crippen LogP) is 1.00. The maximum Gasteiger partial charge on any atom is 0.220 e. The van der Waals surface area contributed by atoms with Gasteiger partial charge in [-0.1, -0.05) is 0 Å². The molecular weight excluding hydrogens is 168 g/mol. The molecule has 0 N–H and O–H groups in total. The minimum absolute atomic E-state index is 0.0990. The van der Waals surface area contributed by atoms with Crippen molar-refractivity contribution in [3.8, 4) is 5.88 Å². The third-order valence-corrected chi connectivity index (χ3v) is 2.19. The highest BCUT2D eigenvalue weighted by molar-refractivity contribution is 5.96. The van der Waals surface area contributed by atoms with E-state index in [1.165, 1.54) is 6.33 Å². The molecule has 0 saturated heterocycles. The van der Waals surface area contributed by atoms with Gasteiger partial charge in [0.1, 0.15) is 12.0 Å². The van der Waals surface area contributed by atoms with E-state index in [0.717, 1.165) is 18.4 Å². The Morgan fingerprint density at radius 2 is 2.23 bits per heavy atom. The maximum atomic E-state index is 11.4. The standard InChI is InChI=1S/C9H10N2O2/c1-13-9-6-3-2-4-7(12)8(6)10-5-11-9/h5H,2-4H2,1H3. The number of rotatable bonds is 1. The Kier molecular flexibility index (Phi) is 1.96. The van der Waals surface area contributed by atoms with Gasteiger partial charge in [0.25, 0.3) is 0 Å². The molecule has 1 heterocycles. The highest BCUT2D eigenvalue weighted by atomic mass is 16.5. The number of nitrogens with zero attached hydrogens (tertiary/aromatic N) is 2. The lowest BCUT2D eigenvalue weighted by Gasteiger charge is -2.14. The summed E-state index contributed by atoms with van der Waals surface area (Å²) in [6.45, 7) is 0. The molecule has 1 aliphatic carbocycles. The molecule has 0 saturated carbocycles. The van der Waals surface area contributed by atoms with Gasteiger partial charge in [0.15, 0.2) is 5.78 Å². The second kappa shape index (κ2) is 3.12. The van der Waals surface area contributed by atoms with E-state index in [2.05, 4.69) is 9.97 Å². The first-order chi connectivity index (χ1) is 6.33. The van der Waals surface area contributed by atoms with Gasteiger partial charge in [0.05, 0.1) is 7.11 Å². The third kappa shape index (κ3) is 1.28. The fraction of sp³-hybridized carbons (Fsp3) is 0.444. The topological polar surface area (TPSA) is 52.1 Å². The molecule has 0 bridgehead atoms. The Balaban J connectivity index is 2.54. The number of carbonyl (C=O) groups is 1. The van der Waals surface area contributed by atoms with Crippen LogP contribution in [0.3, 0.4) is 0 Å². The van der Waals surface area contributed by atoms with Crippen molar-refractivity contribution in [1.29, 1.82) is 0 Å². The largest absolute Gasteiger partial charge is 0.481 e. The summed E-state index contributed by atoms with van der Waals surface area (Å²) >= 11 is 0. The average molecular weight is 178 g/mol. The summed E-state index contributed by atoms with van der Waals surface area (Å²) in [5.41, 5.74) is 1.40. The minimum Gasteiger partial charge on any atom is -0.481 e. The summed E-state index contributed by atoms with van der Waals surface area (Å²) in [6, 6.07) is 0. The average Bonchev–Trinajstić information content (AvgIpc) is 2.18. The van der Waals surface area contributed by atoms with E-state index in [0.29, 0.717) is 18.0 Å². The van der Waals surface area contributed by atoms with Gasteiger partial charge in [-0.2, -0.15) is 0 Å². The molecule has 13 heavy (non-hydrogen) atoms. The second-order valence-corrected chi connectivity index (χ2v) is 2.99. The summed E-state index contributed by atoms with van der Waals surface area (Å²) in [5, 5.41) is 0. The van der Waals surface area contributed by atoms with Gasteiger partial charge in [0, 0.05) is 12.0 Å². The molecule has 1 aliphatic rings. The summed E-state index contributed by atoms with van der Waals surface area (Å²) in [7, 11) is 1.56. The van der Waals surface area contributed by atoms with Gasteiger partial charge >= 0.3 is 0 Å². The summed E-state index contributed by atoms with van der Waals surface area (Å²) in [6.07, 6.45) is 3.68. The Morgan fingerprint density at radius 1 is 1.38 bits per heavy atom. The first kappa shape index (κ1) is 8.16. The van der Waals surface area contributed by atoms with Crippen molar-refractivity contribution < 1.29 is 9.53 Å². The zero-order chi connectivity index (χ0) is 9.26. The van der Waals surface area contributed by atoms with Crippen LogP contribution in [0, 0.1) is 0 Å². The van der Waals surface area contributed by atoms with Crippen molar-refractivity contribution in [2.45, 2.75) is 19.3 Å². The molecule has 0 unspecified atom stereocenters. The van der Waals surface area contributed by atoms with Crippen LogP contribution in [0.15, 0.2) is 6.33 Å². The molecule has 0 aromatic carbocycles. The molecule has 0 spiro atoms. The molecule has 0 amide bonds. The number of fused-ring (bicyclic) bond motifs is 1. The van der Waals surface area contributed by atoms with Crippen molar-refractivity contribution in [1.82, 2.24) is 9.97 Å². The molecule has 4 nitrogen and oxygen atoms in total. The van der Waals surface area contributed by atoms with E-state index in [4.69, 9.17) is 4.74 Å². The maximum absolute atomic E-state index is 11.4. The number of hydrogen-bond acceptors (Lipinski definition) is 4. The Bertz CT molecular complexity index is 349. The number of Topliss-reactive ketones (excluding diaryl/α,β-unsaturated/α-hetero) is 1. The van der Waals surface area contributed by atoms with Crippen molar-refractivity contribution in [3.63, 3.8) is 0 Å². The quantitative estimate of drug-likeness (QED) is 0.643. The molecule has 2 rings (SSSR count). The lowest BCUT2D eigenvalue weighted by molar-refractivity contribution is 0.0966. The van der Waals surface area contributed by atoms with Crippen molar-refractivity contribution in [3.05, 3.63) is 17.6 Å². The molecule has 1 aromatic heterocycles. The van der Waals surface area contributed by atoms with E-state index in [9.17, 15) is 4.79 Å². The van der Waals surface area contributed by atoms with Crippen LogP contribution < -0.4 is 4.74 Å². The normalized spacial score (nSPS) is 15.3. The van der Waals surface area contributed by atoms with Crippen LogP contribution in [0.25, 0.3) is 0 Å². The molecule has 0 fully saturated rings. The third-order valence-electron chi connectivity index (χ3n) is 2.19. The lowest BCUT2D eigenvalue weighted by Crippen LogP contribution is -2.14. The SMILES string of the molecule is COc1ncnc2c1CCCC2=O. The van der Waals surface area contributed by atoms with Crippen molar-refractivity contribution in [2.24, 2.45) is 0 Å². The molecule has 0 atom stereocenters. The zero-order valence-electron chi connectivity index (χ0n) is 7.41. The number of ether oxygens (including phenoxy) is 1. The molecule has 1 aromatic rings. The van der Waals surface area contributed by atoms with E-state index in [1.807, 2.05) is 0 Å². The second-order valence-electron chi connectivity index (χ2n) is 2.99. The summed E-state index contributed by atoms with van der Waals surface area (Å²) < 4.78 is 5.06. The number of ketones is 1. The Labute approximate surface area is 76.0 Å². The summed E-state index contributed by atoms with van der Waals surface area (Å²) in [4.78, 5) is 19.3. The predicted molar refractivity (Wildman–Crippen MR) is 45.9 cm³/mol. The van der Waals surface area contributed by atoms with E-state index < -0.39 is 0 Å². The number of methoxy groups -OCH3 is 1. The van der Waals surface area contributed by atoms with Crippen LogP contribution in [0.2, 0.25) is 0 Å². The molecule has 0 aliphatic heterocycles. The highest BCUT2D eigenvalue weighted by Gasteiger charge is 2.22. The first-order valence-corrected chi connectivity index (χ1v) is 4.24. The number of hydrogen-bond donors (Lipinski definition) is 0. The highest BCUT2D eigenvalue weighted by Crippen LogP contribution is 2.25. The fourth-order valence-electron chi connectivity index (χ4n) is 1.58. The molecular formula is C9H10N2O2. The molecule has 4 heteroatoms. The van der Waals surface area contributed by atoms with Gasteiger partial charge in [-0.05, 0) is 12.8 Å². The monoisotopic (exact) mass is 178 g/mol. The van der Waals surface area contributed by atoms with Gasteiger partial charge < -0.3 is 4.74 Å². The van der Waals surface area contributed by atoms with E-state index in [1.54, 1.807) is 7.11 Å². The van der Waals surface area contributed by atoms with Crippen LogP contribution in [0.1, 0.15) is 28.9 Å². The zero-order valence-corrected chi connectivity index (χ0v) is 7.41. The van der Waals surface area contributed by atoms with E-state index in [-0.39, 0.29) is 5.78 Å². The summed E-state index contributed by atoms with van der Waals surface area (Å²) in [5.74, 6) is 0.639. The van der Waals surface area contributed by atoms with Gasteiger partial charge in [0.2, 0.25) is 5.88 Å². The molecule has 0 radical (unpaired) electrons. The van der Waals surface area contributed by atoms with Crippen LogP contribution in [-0.2, 0) is 6.42 Å². The van der Waals surface area contributed by atoms with Gasteiger partial charge in [-0.25, -0.2) is 9.97 Å².